The Balaban J connectivity index is 1.92. The topological polar surface area (TPSA) is 76.2 Å². The average Bonchev–Trinajstić information content (AvgIpc) is 3.04. The minimum absolute atomic E-state index is 0.00473. The molecule has 1 N–H and O–H groups in total. The van der Waals surface area contributed by atoms with Crippen LogP contribution in [-0.2, 0) is 7.05 Å². The second kappa shape index (κ2) is 5.05. The summed E-state index contributed by atoms with van der Waals surface area (Å²) in [6, 6.07) is 0.872. The molecular weight excluding hydrogens is 258 g/mol. The van der Waals surface area contributed by atoms with Crippen molar-refractivity contribution in [1.82, 2.24) is 14.9 Å². The van der Waals surface area contributed by atoms with Gasteiger partial charge in [-0.15, -0.1) is 0 Å². The van der Waals surface area contributed by atoms with E-state index in [0.717, 1.165) is 32.4 Å². The van der Waals surface area contributed by atoms with E-state index >= 15 is 0 Å². The van der Waals surface area contributed by atoms with Crippen molar-refractivity contribution in [3.05, 3.63) is 15.9 Å². The van der Waals surface area contributed by atoms with Crippen molar-refractivity contribution < 1.29 is 4.92 Å². The Morgan fingerprint density at radius 1 is 1.50 bits per heavy atom. The number of anilines is 1. The second-order valence-electron chi connectivity index (χ2n) is 5.80. The number of hydrogen-bond acceptors (Lipinski definition) is 5. The molecule has 2 heterocycles. The first-order valence-electron chi connectivity index (χ1n) is 7.25. The summed E-state index contributed by atoms with van der Waals surface area (Å²) >= 11 is 0. The fourth-order valence-corrected chi connectivity index (χ4v) is 2.97. The highest BCUT2D eigenvalue weighted by Crippen LogP contribution is 2.37. The minimum Gasteiger partial charge on any atom is -0.358 e. The summed E-state index contributed by atoms with van der Waals surface area (Å²) in [4.78, 5) is 17.2. The normalized spacial score (nSPS) is 22.2. The fourth-order valence-electron chi connectivity index (χ4n) is 2.97. The molecule has 1 atom stereocenters. The molecule has 1 unspecified atom stereocenters. The molecule has 7 nitrogen and oxygen atoms in total. The van der Waals surface area contributed by atoms with Crippen LogP contribution in [0.4, 0.5) is 11.6 Å². The first-order valence-corrected chi connectivity index (χ1v) is 7.25. The van der Waals surface area contributed by atoms with Crippen LogP contribution in [0.1, 0.15) is 31.5 Å². The van der Waals surface area contributed by atoms with Gasteiger partial charge in [0.1, 0.15) is 0 Å². The van der Waals surface area contributed by atoms with E-state index in [-0.39, 0.29) is 10.7 Å². The summed E-state index contributed by atoms with van der Waals surface area (Å²) in [5.41, 5.74) is 0. The Hall–Kier alpha value is -1.63. The molecule has 1 aromatic rings. The summed E-state index contributed by atoms with van der Waals surface area (Å²) in [7, 11) is 1.86. The van der Waals surface area contributed by atoms with Crippen LogP contribution in [-0.4, -0.2) is 39.6 Å². The van der Waals surface area contributed by atoms with Crippen LogP contribution in [0.15, 0.2) is 0 Å². The number of nitrogens with zero attached hydrogens (tertiary/aromatic N) is 4. The van der Waals surface area contributed by atoms with Crippen LogP contribution >= 0.6 is 0 Å². The molecule has 0 amide bonds. The van der Waals surface area contributed by atoms with E-state index in [1.54, 1.807) is 0 Å². The third-order valence-corrected chi connectivity index (χ3v) is 4.28. The molecule has 0 radical (unpaired) electrons. The van der Waals surface area contributed by atoms with Gasteiger partial charge in [-0.25, -0.2) is 0 Å². The zero-order valence-electron chi connectivity index (χ0n) is 12.0. The van der Waals surface area contributed by atoms with Gasteiger partial charge in [0, 0.05) is 32.6 Å². The van der Waals surface area contributed by atoms with Gasteiger partial charge in [0.05, 0.1) is 0 Å². The monoisotopic (exact) mass is 279 g/mol. The summed E-state index contributed by atoms with van der Waals surface area (Å²) in [6.07, 6.45) is 4.58. The molecule has 1 aliphatic heterocycles. The van der Waals surface area contributed by atoms with Gasteiger partial charge < -0.3 is 20.3 Å². The summed E-state index contributed by atoms with van der Waals surface area (Å²) in [5.74, 6) is 1.36. The first-order chi connectivity index (χ1) is 9.58. The van der Waals surface area contributed by atoms with Gasteiger partial charge in [0.25, 0.3) is 0 Å². The molecule has 20 heavy (non-hydrogen) atoms. The number of hydrogen-bond donors (Lipinski definition) is 1. The molecule has 1 aromatic heterocycles. The lowest BCUT2D eigenvalue weighted by Gasteiger charge is -2.27. The van der Waals surface area contributed by atoms with E-state index in [0.29, 0.717) is 23.7 Å². The molecule has 7 heteroatoms. The quantitative estimate of drug-likeness (QED) is 0.650. The average molecular weight is 279 g/mol. The SMILES string of the molecule is Cc1nc([N+](=O)[O-])c(N(CC2CCCN2)C2CC2)n1C. The number of nitrogens with one attached hydrogen (secondary N) is 1. The molecule has 110 valence electrons. The van der Waals surface area contributed by atoms with Crippen LogP contribution < -0.4 is 10.2 Å². The van der Waals surface area contributed by atoms with Crippen LogP contribution in [0.3, 0.4) is 0 Å². The van der Waals surface area contributed by atoms with E-state index < -0.39 is 0 Å². The highest BCUT2D eigenvalue weighted by molar-refractivity contribution is 5.57. The lowest BCUT2D eigenvalue weighted by molar-refractivity contribution is -0.388. The Morgan fingerprint density at radius 3 is 2.80 bits per heavy atom. The van der Waals surface area contributed by atoms with E-state index in [2.05, 4.69) is 15.2 Å². The molecule has 0 spiro atoms. The maximum Gasteiger partial charge on any atom is 0.406 e. The van der Waals surface area contributed by atoms with Gasteiger partial charge in [-0.3, -0.25) is 4.57 Å². The number of nitro groups is 1. The number of rotatable bonds is 5. The predicted octanol–water partition coefficient (Wildman–Crippen LogP) is 1.36. The number of aryl methyl sites for hydroxylation is 1. The Labute approximate surface area is 118 Å². The lowest BCUT2D eigenvalue weighted by atomic mass is 10.2. The molecule has 1 aliphatic carbocycles. The van der Waals surface area contributed by atoms with Gasteiger partial charge >= 0.3 is 5.82 Å². The van der Waals surface area contributed by atoms with Crippen molar-refractivity contribution >= 4 is 11.6 Å². The number of imidazole rings is 1. The third-order valence-electron chi connectivity index (χ3n) is 4.28. The molecule has 0 bridgehead atoms. The van der Waals surface area contributed by atoms with E-state index in [1.807, 2.05) is 18.5 Å². The minimum atomic E-state index is -0.361. The van der Waals surface area contributed by atoms with Gasteiger partial charge in [0.15, 0.2) is 0 Å². The standard InChI is InChI=1S/C13H21N5O2/c1-9-15-12(18(19)20)13(16(9)2)17(11-5-6-11)8-10-4-3-7-14-10/h10-11,14H,3-8H2,1-2H3. The summed E-state index contributed by atoms with van der Waals surface area (Å²) < 4.78 is 1.85. The smallest absolute Gasteiger partial charge is 0.358 e. The van der Waals surface area contributed by atoms with Crippen molar-refractivity contribution in [2.24, 2.45) is 7.05 Å². The van der Waals surface area contributed by atoms with E-state index in [9.17, 15) is 10.1 Å². The fraction of sp³-hybridized carbons (Fsp3) is 0.769. The van der Waals surface area contributed by atoms with Gasteiger partial charge in [0.2, 0.25) is 11.6 Å². The Bertz CT molecular complexity index is 517. The largest absolute Gasteiger partial charge is 0.406 e. The molecule has 0 aromatic carbocycles. The molecular formula is C13H21N5O2. The maximum absolute atomic E-state index is 11.3. The van der Waals surface area contributed by atoms with Crippen molar-refractivity contribution in [2.45, 2.75) is 44.7 Å². The zero-order valence-corrected chi connectivity index (χ0v) is 12.0. The highest BCUT2D eigenvalue weighted by Gasteiger charge is 2.38. The highest BCUT2D eigenvalue weighted by atomic mass is 16.6. The van der Waals surface area contributed by atoms with Crippen LogP contribution in [0.2, 0.25) is 0 Å². The number of aromatic nitrogens is 2. The second-order valence-corrected chi connectivity index (χ2v) is 5.80. The van der Waals surface area contributed by atoms with Gasteiger partial charge in [-0.1, -0.05) is 0 Å². The first kappa shape index (κ1) is 13.4. The summed E-state index contributed by atoms with van der Waals surface area (Å²) in [6.45, 7) is 3.70. The third kappa shape index (κ3) is 2.37. The van der Waals surface area contributed by atoms with E-state index in [1.165, 1.54) is 6.42 Å². The Morgan fingerprint density at radius 2 is 2.25 bits per heavy atom. The lowest BCUT2D eigenvalue weighted by Crippen LogP contribution is -2.40. The Kier molecular flexibility index (Phi) is 3.37. The maximum atomic E-state index is 11.3. The van der Waals surface area contributed by atoms with Gasteiger partial charge in [-0.05, 0) is 42.1 Å². The molecule has 1 saturated heterocycles. The van der Waals surface area contributed by atoms with Crippen molar-refractivity contribution in [2.75, 3.05) is 18.0 Å². The van der Waals surface area contributed by atoms with Crippen molar-refractivity contribution in [3.63, 3.8) is 0 Å². The van der Waals surface area contributed by atoms with Crippen molar-refractivity contribution in [1.29, 1.82) is 0 Å². The van der Waals surface area contributed by atoms with E-state index in [4.69, 9.17) is 0 Å². The molecule has 3 rings (SSSR count). The van der Waals surface area contributed by atoms with Crippen LogP contribution in [0.25, 0.3) is 0 Å². The molecule has 1 saturated carbocycles. The predicted molar refractivity (Wildman–Crippen MR) is 76.0 cm³/mol. The van der Waals surface area contributed by atoms with Crippen molar-refractivity contribution in [3.8, 4) is 0 Å². The molecule has 2 fully saturated rings. The zero-order chi connectivity index (χ0) is 14.3. The summed E-state index contributed by atoms with van der Waals surface area (Å²) in [5, 5.41) is 14.7. The van der Waals surface area contributed by atoms with Crippen LogP contribution in [0, 0.1) is 17.0 Å². The van der Waals surface area contributed by atoms with Crippen LogP contribution in [0.5, 0.6) is 0 Å². The molecule has 2 aliphatic rings. The van der Waals surface area contributed by atoms with Gasteiger partial charge in [-0.2, -0.15) is 0 Å².